The van der Waals surface area contributed by atoms with Gasteiger partial charge in [0.15, 0.2) is 17.5 Å². The highest BCUT2D eigenvalue weighted by atomic mass is 35.5. The maximum absolute atomic E-state index is 15.7. The first-order chi connectivity index (χ1) is 20.3. The maximum atomic E-state index is 15.7. The zero-order chi connectivity index (χ0) is 29.5. The summed E-state index contributed by atoms with van der Waals surface area (Å²) in [4.78, 5) is 38.5. The van der Waals surface area contributed by atoms with Crippen LogP contribution in [0.5, 0.6) is 0 Å². The second-order valence-corrected chi connectivity index (χ2v) is 10.5. The van der Waals surface area contributed by atoms with E-state index in [-0.39, 0.29) is 29.9 Å². The Labute approximate surface area is 243 Å². The molecule has 0 unspecified atom stereocenters. The number of rotatable bonds is 9. The van der Waals surface area contributed by atoms with Crippen LogP contribution < -0.4 is 11.2 Å². The van der Waals surface area contributed by atoms with Gasteiger partial charge in [-0.1, -0.05) is 60.1 Å². The Morgan fingerprint density at radius 1 is 1.05 bits per heavy atom. The highest BCUT2D eigenvalue weighted by molar-refractivity contribution is 6.32. The van der Waals surface area contributed by atoms with Crippen LogP contribution in [0.25, 0.3) is 22.3 Å². The third kappa shape index (κ3) is 4.80. The quantitative estimate of drug-likeness (QED) is 0.162. The van der Waals surface area contributed by atoms with Crippen LogP contribution in [-0.2, 0) is 24.5 Å². The number of nitro groups is 1. The highest BCUT2D eigenvalue weighted by Gasteiger charge is 2.35. The molecule has 1 aliphatic rings. The summed E-state index contributed by atoms with van der Waals surface area (Å²) in [7, 11) is 0. The highest BCUT2D eigenvalue weighted by Crippen LogP contribution is 2.46. The lowest BCUT2D eigenvalue weighted by molar-refractivity contribution is -0.385. The molecule has 0 saturated heterocycles. The molecule has 1 aliphatic carbocycles. The van der Waals surface area contributed by atoms with E-state index in [0.717, 1.165) is 33.7 Å². The Bertz CT molecular complexity index is 1940. The van der Waals surface area contributed by atoms with Gasteiger partial charge in [-0.2, -0.15) is 4.68 Å². The molecule has 0 aliphatic heterocycles. The fraction of sp³-hybridized carbons (Fsp3) is 0.233. The molecular formula is C30H25ClFN5O5. The van der Waals surface area contributed by atoms with E-state index in [9.17, 15) is 19.7 Å². The number of aromatic nitrogens is 4. The number of halogens is 2. The second kappa shape index (κ2) is 11.0. The third-order valence-corrected chi connectivity index (χ3v) is 7.61. The number of pyridine rings is 1. The molecule has 42 heavy (non-hydrogen) atoms. The zero-order valence-electron chi connectivity index (χ0n) is 22.5. The molecule has 0 bridgehead atoms. The standard InChI is InChI=1S/C30H25ClFN5O5/c1-2-34-25(17-42-16-18-8-4-3-5-9-18)33-36(30(34)39)28-26(19-12-13-19)21-10-6-7-11-22(21)29(38)35(28)27-23(31)14-20(37(40)41)15-24(27)32/h3-11,14-15,19H,2,12-13,16-17H2,1H3. The lowest BCUT2D eigenvalue weighted by Crippen LogP contribution is -2.32. The first kappa shape index (κ1) is 27.6. The molecule has 12 heteroatoms. The molecule has 5 aromatic rings. The van der Waals surface area contributed by atoms with Crippen molar-refractivity contribution < 1.29 is 14.1 Å². The van der Waals surface area contributed by atoms with E-state index in [0.29, 0.717) is 34.8 Å². The van der Waals surface area contributed by atoms with E-state index in [1.807, 2.05) is 30.3 Å². The van der Waals surface area contributed by atoms with Crippen LogP contribution in [0.15, 0.2) is 76.3 Å². The minimum Gasteiger partial charge on any atom is -0.369 e. The number of hydrogen-bond acceptors (Lipinski definition) is 6. The Kier molecular flexibility index (Phi) is 7.21. The lowest BCUT2D eigenvalue weighted by Gasteiger charge is -2.20. The minimum absolute atomic E-state index is 0.00813. The average Bonchev–Trinajstić information content (AvgIpc) is 3.77. The van der Waals surface area contributed by atoms with Crippen LogP contribution >= 0.6 is 11.6 Å². The molecule has 1 fully saturated rings. The van der Waals surface area contributed by atoms with Gasteiger partial charge in [0.2, 0.25) is 0 Å². The molecule has 214 valence electrons. The van der Waals surface area contributed by atoms with Gasteiger partial charge in [0, 0.05) is 23.6 Å². The summed E-state index contributed by atoms with van der Waals surface area (Å²) in [5, 5.41) is 16.5. The van der Waals surface area contributed by atoms with Crippen LogP contribution in [0.4, 0.5) is 10.1 Å². The van der Waals surface area contributed by atoms with Crippen LogP contribution in [-0.4, -0.2) is 23.8 Å². The molecule has 3 aromatic carbocycles. The largest absolute Gasteiger partial charge is 0.369 e. The van der Waals surface area contributed by atoms with Crippen molar-refractivity contribution in [3.05, 3.63) is 125 Å². The van der Waals surface area contributed by atoms with Crippen LogP contribution in [0, 0.1) is 15.9 Å². The summed E-state index contributed by atoms with van der Waals surface area (Å²) >= 11 is 6.44. The number of ether oxygens (including phenoxy) is 1. The molecule has 0 radical (unpaired) electrons. The molecule has 0 atom stereocenters. The normalized spacial score (nSPS) is 13.1. The Morgan fingerprint density at radius 2 is 1.74 bits per heavy atom. The van der Waals surface area contributed by atoms with E-state index in [2.05, 4.69) is 5.10 Å². The van der Waals surface area contributed by atoms with Gasteiger partial charge in [-0.05, 0) is 42.7 Å². The number of benzene rings is 3. The number of non-ortho nitro benzene ring substituents is 1. The Hall–Kier alpha value is -4.61. The first-order valence-electron chi connectivity index (χ1n) is 13.4. The topological polar surface area (TPSA) is 114 Å². The van der Waals surface area contributed by atoms with Crippen molar-refractivity contribution in [2.24, 2.45) is 0 Å². The first-order valence-corrected chi connectivity index (χ1v) is 13.8. The van der Waals surface area contributed by atoms with E-state index in [4.69, 9.17) is 16.3 Å². The number of fused-ring (bicyclic) bond motifs is 1. The van der Waals surface area contributed by atoms with Crippen LogP contribution in [0.2, 0.25) is 5.02 Å². The van der Waals surface area contributed by atoms with E-state index >= 15 is 4.39 Å². The number of nitrogens with zero attached hydrogens (tertiary/aromatic N) is 5. The van der Waals surface area contributed by atoms with Gasteiger partial charge in [-0.3, -0.25) is 24.0 Å². The molecule has 1 saturated carbocycles. The van der Waals surface area contributed by atoms with Crippen molar-refractivity contribution in [2.45, 2.75) is 45.4 Å². The third-order valence-electron chi connectivity index (χ3n) is 7.32. The smallest absolute Gasteiger partial charge is 0.352 e. The SMILES string of the molecule is CCn1c(COCc2ccccc2)nn(-c2c(C3CC3)c3ccccc3c(=O)n2-c2c(F)cc([N+](=O)[O-])cc2Cl)c1=O. The van der Waals surface area contributed by atoms with Crippen molar-refractivity contribution in [1.29, 1.82) is 0 Å². The van der Waals surface area contributed by atoms with Gasteiger partial charge >= 0.3 is 5.69 Å². The summed E-state index contributed by atoms with van der Waals surface area (Å²) in [5.74, 6) is -0.725. The zero-order valence-corrected chi connectivity index (χ0v) is 23.3. The fourth-order valence-electron chi connectivity index (χ4n) is 5.26. The van der Waals surface area contributed by atoms with E-state index < -0.39 is 33.4 Å². The lowest BCUT2D eigenvalue weighted by atomic mass is 10.0. The summed E-state index contributed by atoms with van der Waals surface area (Å²) < 4.78 is 25.1. The minimum atomic E-state index is -1.08. The second-order valence-electron chi connectivity index (χ2n) is 10.0. The van der Waals surface area contributed by atoms with E-state index in [1.54, 1.807) is 31.2 Å². The van der Waals surface area contributed by atoms with Crippen LogP contribution in [0.3, 0.4) is 0 Å². The molecular weight excluding hydrogens is 565 g/mol. The monoisotopic (exact) mass is 589 g/mol. The summed E-state index contributed by atoms with van der Waals surface area (Å²) in [6.45, 7) is 2.36. The molecule has 0 amide bonds. The number of nitro benzene ring substituents is 1. The molecule has 0 spiro atoms. The van der Waals surface area contributed by atoms with Crippen molar-refractivity contribution >= 4 is 28.1 Å². The summed E-state index contributed by atoms with van der Waals surface area (Å²) in [6, 6.07) is 18.1. The van der Waals surface area contributed by atoms with Gasteiger partial charge in [0.25, 0.3) is 11.2 Å². The summed E-state index contributed by atoms with van der Waals surface area (Å²) in [5.41, 5.74) is -0.540. The Morgan fingerprint density at radius 3 is 2.38 bits per heavy atom. The van der Waals surface area contributed by atoms with Crippen LogP contribution in [0.1, 0.15) is 42.6 Å². The molecule has 0 N–H and O–H groups in total. The molecule has 2 aromatic heterocycles. The van der Waals surface area contributed by atoms with Gasteiger partial charge in [0.1, 0.15) is 12.3 Å². The molecule has 2 heterocycles. The molecule has 10 nitrogen and oxygen atoms in total. The van der Waals surface area contributed by atoms with Crippen molar-refractivity contribution in [1.82, 2.24) is 18.9 Å². The fourth-order valence-corrected chi connectivity index (χ4v) is 5.54. The van der Waals surface area contributed by atoms with Gasteiger partial charge < -0.3 is 4.74 Å². The van der Waals surface area contributed by atoms with E-state index in [1.165, 1.54) is 4.57 Å². The predicted molar refractivity (Wildman–Crippen MR) is 155 cm³/mol. The number of hydrogen-bond donors (Lipinski definition) is 0. The van der Waals surface area contributed by atoms with Crippen molar-refractivity contribution in [2.75, 3.05) is 0 Å². The van der Waals surface area contributed by atoms with Crippen molar-refractivity contribution in [3.63, 3.8) is 0 Å². The predicted octanol–water partition coefficient (Wildman–Crippen LogP) is 5.65. The van der Waals surface area contributed by atoms with Crippen molar-refractivity contribution in [3.8, 4) is 11.5 Å². The maximum Gasteiger partial charge on any atom is 0.352 e. The van der Waals surface area contributed by atoms with Gasteiger partial charge in [-0.25, -0.2) is 9.18 Å². The Balaban J connectivity index is 1.60. The average molecular weight is 590 g/mol. The molecule has 6 rings (SSSR count). The van der Waals surface area contributed by atoms with Gasteiger partial charge in [0.05, 0.1) is 22.6 Å². The van der Waals surface area contributed by atoms with Gasteiger partial charge in [-0.15, -0.1) is 5.10 Å². The summed E-state index contributed by atoms with van der Waals surface area (Å²) in [6.07, 6.45) is 1.59.